The van der Waals surface area contributed by atoms with E-state index in [-0.39, 0.29) is 6.04 Å². The highest BCUT2D eigenvalue weighted by Crippen LogP contribution is 2.28. The quantitative estimate of drug-likeness (QED) is 0.880. The van der Waals surface area contributed by atoms with Crippen LogP contribution in [0.25, 0.3) is 0 Å². The smallest absolute Gasteiger partial charge is 0.165 e. The van der Waals surface area contributed by atoms with Gasteiger partial charge in [-0.2, -0.15) is 5.10 Å². The number of rotatable bonds is 5. The first-order valence-corrected chi connectivity index (χ1v) is 6.25. The van der Waals surface area contributed by atoms with E-state index in [1.807, 2.05) is 42.1 Å². The fourth-order valence-corrected chi connectivity index (χ4v) is 1.83. The van der Waals surface area contributed by atoms with Crippen molar-refractivity contribution in [3.8, 4) is 11.5 Å². The lowest BCUT2D eigenvalue weighted by Crippen LogP contribution is -2.06. The van der Waals surface area contributed by atoms with E-state index in [1.165, 1.54) is 0 Å². The van der Waals surface area contributed by atoms with Crippen LogP contribution in [0.5, 0.6) is 11.5 Å². The molecular formula is C14H19N3O. The first kappa shape index (κ1) is 12.6. The number of hydrogen-bond acceptors (Lipinski definition) is 3. The van der Waals surface area contributed by atoms with Gasteiger partial charge >= 0.3 is 0 Å². The van der Waals surface area contributed by atoms with Crippen LogP contribution in [0.2, 0.25) is 0 Å². The summed E-state index contributed by atoms with van der Waals surface area (Å²) in [6, 6.07) is 7.77. The van der Waals surface area contributed by atoms with Crippen molar-refractivity contribution >= 4 is 0 Å². The third-order valence-electron chi connectivity index (χ3n) is 2.70. The normalized spacial score (nSPS) is 12.4. The fourth-order valence-electron chi connectivity index (χ4n) is 1.83. The van der Waals surface area contributed by atoms with Gasteiger partial charge in [-0.1, -0.05) is 25.1 Å². The van der Waals surface area contributed by atoms with E-state index in [1.54, 1.807) is 6.20 Å². The number of nitrogens with zero attached hydrogens (tertiary/aromatic N) is 2. The Morgan fingerprint density at radius 3 is 2.89 bits per heavy atom. The molecule has 0 fully saturated rings. The van der Waals surface area contributed by atoms with Gasteiger partial charge in [0.1, 0.15) is 5.75 Å². The van der Waals surface area contributed by atoms with Crippen LogP contribution in [-0.4, -0.2) is 9.78 Å². The molecule has 96 valence electrons. The summed E-state index contributed by atoms with van der Waals surface area (Å²) in [5.41, 5.74) is 6.92. The summed E-state index contributed by atoms with van der Waals surface area (Å²) in [6.07, 6.45) is 4.69. The topological polar surface area (TPSA) is 53.1 Å². The van der Waals surface area contributed by atoms with Crippen molar-refractivity contribution in [1.29, 1.82) is 0 Å². The predicted molar refractivity (Wildman–Crippen MR) is 71.6 cm³/mol. The molecule has 2 rings (SSSR count). The maximum absolute atomic E-state index is 5.92. The summed E-state index contributed by atoms with van der Waals surface area (Å²) in [7, 11) is 0. The van der Waals surface area contributed by atoms with E-state index < -0.39 is 0 Å². The molecule has 0 saturated carbocycles. The van der Waals surface area contributed by atoms with Gasteiger partial charge in [-0.3, -0.25) is 4.68 Å². The van der Waals surface area contributed by atoms with E-state index in [9.17, 15) is 0 Å². The highest BCUT2D eigenvalue weighted by atomic mass is 16.5. The lowest BCUT2D eigenvalue weighted by atomic mass is 10.1. The summed E-state index contributed by atoms with van der Waals surface area (Å²) in [6.45, 7) is 4.97. The molecule has 4 nitrogen and oxygen atoms in total. The number of benzene rings is 1. The summed E-state index contributed by atoms with van der Waals surface area (Å²) in [5, 5.41) is 4.24. The van der Waals surface area contributed by atoms with Crippen molar-refractivity contribution in [2.45, 2.75) is 32.9 Å². The molecule has 0 aliphatic rings. The maximum Gasteiger partial charge on any atom is 0.165 e. The second kappa shape index (κ2) is 5.69. The first-order valence-electron chi connectivity index (χ1n) is 6.25. The van der Waals surface area contributed by atoms with Crippen molar-refractivity contribution in [2.24, 2.45) is 5.73 Å². The minimum Gasteiger partial charge on any atom is -0.454 e. The van der Waals surface area contributed by atoms with Crippen LogP contribution in [0.1, 0.15) is 31.9 Å². The SMILES string of the molecule is CCCn1cc(Oc2ccccc2[C@H](C)N)cn1. The molecule has 0 bridgehead atoms. The zero-order valence-electron chi connectivity index (χ0n) is 10.8. The van der Waals surface area contributed by atoms with Gasteiger partial charge in [-0.05, 0) is 19.4 Å². The van der Waals surface area contributed by atoms with Gasteiger partial charge in [0.05, 0.1) is 12.4 Å². The van der Waals surface area contributed by atoms with Gasteiger partial charge in [-0.15, -0.1) is 0 Å². The predicted octanol–water partition coefficient (Wildman–Crippen LogP) is 3.11. The average Bonchev–Trinajstić information content (AvgIpc) is 2.77. The Kier molecular flexibility index (Phi) is 3.99. The van der Waals surface area contributed by atoms with E-state index in [4.69, 9.17) is 10.5 Å². The van der Waals surface area contributed by atoms with Gasteiger partial charge in [0.2, 0.25) is 0 Å². The van der Waals surface area contributed by atoms with Crippen molar-refractivity contribution < 1.29 is 4.74 Å². The van der Waals surface area contributed by atoms with Crippen molar-refractivity contribution in [3.05, 3.63) is 42.2 Å². The highest BCUT2D eigenvalue weighted by molar-refractivity contribution is 5.38. The Morgan fingerprint density at radius 1 is 1.39 bits per heavy atom. The molecule has 0 saturated heterocycles. The maximum atomic E-state index is 5.92. The minimum absolute atomic E-state index is 0.0492. The molecule has 1 aromatic carbocycles. The van der Waals surface area contributed by atoms with Gasteiger partial charge in [-0.25, -0.2) is 0 Å². The zero-order chi connectivity index (χ0) is 13.0. The van der Waals surface area contributed by atoms with Crippen LogP contribution < -0.4 is 10.5 Å². The number of nitrogens with two attached hydrogens (primary N) is 1. The van der Waals surface area contributed by atoms with E-state index in [0.717, 1.165) is 30.0 Å². The molecule has 18 heavy (non-hydrogen) atoms. The molecule has 0 unspecified atom stereocenters. The first-order chi connectivity index (χ1) is 8.70. The molecular weight excluding hydrogens is 226 g/mol. The molecule has 1 heterocycles. The summed E-state index contributed by atoms with van der Waals surface area (Å²) in [4.78, 5) is 0. The standard InChI is InChI=1S/C14H19N3O/c1-3-8-17-10-12(9-16-17)18-14-7-5-4-6-13(14)11(2)15/h4-7,9-11H,3,8,15H2,1-2H3/t11-/m0/s1. The monoisotopic (exact) mass is 245 g/mol. The van der Waals surface area contributed by atoms with E-state index in [2.05, 4.69) is 12.0 Å². The van der Waals surface area contributed by atoms with Crippen molar-refractivity contribution in [3.63, 3.8) is 0 Å². The van der Waals surface area contributed by atoms with Crippen LogP contribution >= 0.6 is 0 Å². The Morgan fingerprint density at radius 2 is 2.17 bits per heavy atom. The number of hydrogen-bond donors (Lipinski definition) is 1. The lowest BCUT2D eigenvalue weighted by Gasteiger charge is -2.12. The molecule has 0 radical (unpaired) electrons. The fraction of sp³-hybridized carbons (Fsp3) is 0.357. The molecule has 2 aromatic rings. The second-order valence-electron chi connectivity index (χ2n) is 4.37. The Balaban J connectivity index is 2.17. The Bertz CT molecular complexity index is 505. The molecule has 0 aliphatic heterocycles. The third-order valence-corrected chi connectivity index (χ3v) is 2.70. The largest absolute Gasteiger partial charge is 0.454 e. The highest BCUT2D eigenvalue weighted by Gasteiger charge is 2.09. The number of ether oxygens (including phenoxy) is 1. The van der Waals surface area contributed by atoms with Crippen LogP contribution in [-0.2, 0) is 6.54 Å². The van der Waals surface area contributed by atoms with Gasteiger partial charge in [0.15, 0.2) is 5.75 Å². The molecule has 0 spiro atoms. The van der Waals surface area contributed by atoms with Crippen molar-refractivity contribution in [1.82, 2.24) is 9.78 Å². The summed E-state index contributed by atoms with van der Waals surface area (Å²) < 4.78 is 7.71. The average molecular weight is 245 g/mol. The molecule has 1 aromatic heterocycles. The summed E-state index contributed by atoms with van der Waals surface area (Å²) in [5.74, 6) is 1.54. The lowest BCUT2D eigenvalue weighted by molar-refractivity contribution is 0.470. The molecule has 0 amide bonds. The molecule has 1 atom stereocenters. The van der Waals surface area contributed by atoms with Crippen molar-refractivity contribution in [2.75, 3.05) is 0 Å². The number of aryl methyl sites for hydroxylation is 1. The molecule has 2 N–H and O–H groups in total. The molecule has 4 heteroatoms. The van der Waals surface area contributed by atoms with Gasteiger partial charge < -0.3 is 10.5 Å². The Hall–Kier alpha value is -1.81. The number of para-hydroxylation sites is 1. The van der Waals surface area contributed by atoms with E-state index in [0.29, 0.717) is 0 Å². The molecule has 0 aliphatic carbocycles. The minimum atomic E-state index is -0.0492. The van der Waals surface area contributed by atoms with E-state index >= 15 is 0 Å². The van der Waals surface area contributed by atoms with Gasteiger partial charge in [0.25, 0.3) is 0 Å². The second-order valence-corrected chi connectivity index (χ2v) is 4.37. The summed E-state index contributed by atoms with van der Waals surface area (Å²) >= 11 is 0. The number of aromatic nitrogens is 2. The zero-order valence-corrected chi connectivity index (χ0v) is 10.8. The third kappa shape index (κ3) is 2.90. The van der Waals surface area contributed by atoms with Gasteiger partial charge in [0, 0.05) is 18.2 Å². The van der Waals surface area contributed by atoms with Crippen LogP contribution in [0.3, 0.4) is 0 Å². The van der Waals surface area contributed by atoms with Crippen LogP contribution in [0.4, 0.5) is 0 Å². The van der Waals surface area contributed by atoms with Crippen LogP contribution in [0.15, 0.2) is 36.7 Å². The van der Waals surface area contributed by atoms with Crippen LogP contribution in [0, 0.1) is 0 Å². The Labute approximate surface area is 107 Å².